The molecule has 0 fully saturated rings. The number of benzene rings is 2. The molecule has 1 unspecified atom stereocenters. The van der Waals surface area contributed by atoms with Crippen LogP contribution in [-0.2, 0) is 6.42 Å². The Morgan fingerprint density at radius 1 is 1.05 bits per heavy atom. The Balaban J connectivity index is 2.24. The topological polar surface area (TPSA) is 20.2 Å². The summed E-state index contributed by atoms with van der Waals surface area (Å²) in [7, 11) is 0. The van der Waals surface area contributed by atoms with Gasteiger partial charge in [-0.2, -0.15) is 0 Å². The first kappa shape index (κ1) is 14.7. The Morgan fingerprint density at radius 3 is 2.37 bits per heavy atom. The number of halogens is 3. The largest absolute Gasteiger partial charge is 0.396 e. The van der Waals surface area contributed by atoms with Crippen molar-refractivity contribution in [2.24, 2.45) is 0 Å². The lowest BCUT2D eigenvalue weighted by Crippen LogP contribution is -2.08. The summed E-state index contributed by atoms with van der Waals surface area (Å²) < 4.78 is 15.0. The molecule has 19 heavy (non-hydrogen) atoms. The van der Waals surface area contributed by atoms with E-state index in [0.717, 1.165) is 15.6 Å². The van der Waals surface area contributed by atoms with Gasteiger partial charge in [0, 0.05) is 10.4 Å². The maximum absolute atomic E-state index is 13.5. The fourth-order valence-corrected chi connectivity index (χ4v) is 2.68. The van der Waals surface area contributed by atoms with E-state index in [0.29, 0.717) is 10.9 Å². The van der Waals surface area contributed by atoms with Crippen molar-refractivity contribution in [3.8, 4) is 0 Å². The minimum absolute atomic E-state index is 0.0323. The normalized spacial score (nSPS) is 12.4. The lowest BCUT2D eigenvalue weighted by molar-refractivity contribution is 0.264. The molecule has 0 aliphatic heterocycles. The SMILES string of the molecule is OCC(Cc1cccc(F)c1Br)c1ccc(Br)cc1. The number of aliphatic hydroxyl groups is 1. The van der Waals surface area contributed by atoms with E-state index in [1.807, 2.05) is 30.3 Å². The van der Waals surface area contributed by atoms with E-state index in [1.54, 1.807) is 6.07 Å². The Kier molecular flexibility index (Phi) is 5.13. The third-order valence-corrected chi connectivity index (χ3v) is 4.48. The van der Waals surface area contributed by atoms with E-state index in [9.17, 15) is 9.50 Å². The Bertz CT molecular complexity index is 555. The first-order chi connectivity index (χ1) is 9.11. The first-order valence-electron chi connectivity index (χ1n) is 5.91. The predicted octanol–water partition coefficient (Wildman–Crippen LogP) is 4.67. The third kappa shape index (κ3) is 3.65. The quantitative estimate of drug-likeness (QED) is 0.808. The molecule has 0 saturated heterocycles. The highest BCUT2D eigenvalue weighted by molar-refractivity contribution is 9.10. The van der Waals surface area contributed by atoms with Crippen LogP contribution in [0.5, 0.6) is 0 Å². The highest BCUT2D eigenvalue weighted by Crippen LogP contribution is 2.27. The van der Waals surface area contributed by atoms with Crippen LogP contribution in [0.3, 0.4) is 0 Å². The van der Waals surface area contributed by atoms with Crippen molar-refractivity contribution in [2.75, 3.05) is 6.61 Å². The summed E-state index contributed by atoms with van der Waals surface area (Å²) in [6.45, 7) is 0.0323. The predicted molar refractivity (Wildman–Crippen MR) is 81.8 cm³/mol. The Hall–Kier alpha value is -0.710. The molecular weight excluding hydrogens is 375 g/mol. The smallest absolute Gasteiger partial charge is 0.137 e. The fraction of sp³-hybridized carbons (Fsp3) is 0.200. The second kappa shape index (κ2) is 6.64. The van der Waals surface area contributed by atoms with Crippen LogP contribution in [0, 0.1) is 5.82 Å². The minimum atomic E-state index is -0.273. The van der Waals surface area contributed by atoms with Gasteiger partial charge >= 0.3 is 0 Å². The fourth-order valence-electron chi connectivity index (χ4n) is 1.99. The average Bonchev–Trinajstić information content (AvgIpc) is 2.42. The molecular formula is C15H13Br2FO. The van der Waals surface area contributed by atoms with Crippen molar-refractivity contribution < 1.29 is 9.50 Å². The zero-order chi connectivity index (χ0) is 13.8. The number of hydrogen-bond donors (Lipinski definition) is 1. The van der Waals surface area contributed by atoms with Gasteiger partial charge in [-0.25, -0.2) is 4.39 Å². The molecule has 2 aromatic carbocycles. The lowest BCUT2D eigenvalue weighted by atomic mass is 9.93. The summed E-state index contributed by atoms with van der Waals surface area (Å²) >= 11 is 6.64. The van der Waals surface area contributed by atoms with Gasteiger partial charge in [-0.15, -0.1) is 0 Å². The summed E-state index contributed by atoms with van der Waals surface area (Å²) in [5.41, 5.74) is 1.91. The van der Waals surface area contributed by atoms with Gasteiger partial charge in [-0.1, -0.05) is 40.2 Å². The molecule has 2 rings (SSSR count). The standard InChI is InChI=1S/C15H13Br2FO/c16-13-6-4-10(5-7-13)12(9-19)8-11-2-1-3-14(18)15(11)17/h1-7,12,19H,8-9H2. The molecule has 1 nitrogen and oxygen atoms in total. The van der Waals surface area contributed by atoms with Crippen LogP contribution in [-0.4, -0.2) is 11.7 Å². The van der Waals surface area contributed by atoms with E-state index in [2.05, 4.69) is 31.9 Å². The molecule has 0 bridgehead atoms. The molecule has 0 aliphatic carbocycles. The van der Waals surface area contributed by atoms with Gasteiger partial charge < -0.3 is 5.11 Å². The van der Waals surface area contributed by atoms with E-state index in [-0.39, 0.29) is 18.3 Å². The number of aliphatic hydroxyl groups excluding tert-OH is 1. The Labute approximate surface area is 128 Å². The van der Waals surface area contributed by atoms with Crippen molar-refractivity contribution in [3.63, 3.8) is 0 Å². The molecule has 1 N–H and O–H groups in total. The van der Waals surface area contributed by atoms with Crippen molar-refractivity contribution in [3.05, 3.63) is 68.4 Å². The summed E-state index contributed by atoms with van der Waals surface area (Å²) in [6.07, 6.45) is 0.594. The second-order valence-corrected chi connectivity index (χ2v) is 6.06. The Morgan fingerprint density at radius 2 is 1.74 bits per heavy atom. The molecule has 0 aromatic heterocycles. The molecule has 0 amide bonds. The van der Waals surface area contributed by atoms with Gasteiger partial charge in [0.15, 0.2) is 0 Å². The maximum Gasteiger partial charge on any atom is 0.137 e. The average molecular weight is 388 g/mol. The highest BCUT2D eigenvalue weighted by atomic mass is 79.9. The van der Waals surface area contributed by atoms with Crippen LogP contribution >= 0.6 is 31.9 Å². The van der Waals surface area contributed by atoms with Crippen LogP contribution in [0.2, 0.25) is 0 Å². The van der Waals surface area contributed by atoms with Crippen LogP contribution in [0.25, 0.3) is 0 Å². The number of rotatable bonds is 4. The minimum Gasteiger partial charge on any atom is -0.396 e. The zero-order valence-electron chi connectivity index (χ0n) is 10.1. The van der Waals surface area contributed by atoms with Gasteiger partial charge in [-0.05, 0) is 51.7 Å². The molecule has 2 aromatic rings. The zero-order valence-corrected chi connectivity index (χ0v) is 13.3. The van der Waals surface area contributed by atoms with Crippen molar-refractivity contribution in [2.45, 2.75) is 12.3 Å². The summed E-state index contributed by atoms with van der Waals surface area (Å²) in [4.78, 5) is 0. The third-order valence-electron chi connectivity index (χ3n) is 3.06. The van der Waals surface area contributed by atoms with Crippen molar-refractivity contribution >= 4 is 31.9 Å². The van der Waals surface area contributed by atoms with Crippen molar-refractivity contribution in [1.82, 2.24) is 0 Å². The van der Waals surface area contributed by atoms with Crippen LogP contribution in [0.15, 0.2) is 51.4 Å². The van der Waals surface area contributed by atoms with Gasteiger partial charge in [0.1, 0.15) is 5.82 Å². The molecule has 0 heterocycles. The second-order valence-electron chi connectivity index (χ2n) is 4.35. The molecule has 1 atom stereocenters. The molecule has 0 aliphatic rings. The van der Waals surface area contributed by atoms with Gasteiger partial charge in [0.05, 0.1) is 11.1 Å². The van der Waals surface area contributed by atoms with E-state index < -0.39 is 0 Å². The van der Waals surface area contributed by atoms with Gasteiger partial charge in [0.25, 0.3) is 0 Å². The summed E-state index contributed by atoms with van der Waals surface area (Å²) in [6, 6.07) is 12.8. The monoisotopic (exact) mass is 386 g/mol. The van der Waals surface area contributed by atoms with E-state index >= 15 is 0 Å². The maximum atomic E-state index is 13.5. The van der Waals surface area contributed by atoms with Gasteiger partial charge in [0.2, 0.25) is 0 Å². The van der Waals surface area contributed by atoms with Crippen LogP contribution < -0.4 is 0 Å². The molecule has 0 saturated carbocycles. The van der Waals surface area contributed by atoms with E-state index in [4.69, 9.17) is 0 Å². The molecule has 0 radical (unpaired) electrons. The summed E-state index contributed by atoms with van der Waals surface area (Å²) in [5.74, 6) is -0.309. The lowest BCUT2D eigenvalue weighted by Gasteiger charge is -2.16. The number of hydrogen-bond acceptors (Lipinski definition) is 1. The molecule has 4 heteroatoms. The molecule has 100 valence electrons. The van der Waals surface area contributed by atoms with Crippen LogP contribution in [0.4, 0.5) is 4.39 Å². The highest BCUT2D eigenvalue weighted by Gasteiger charge is 2.14. The van der Waals surface area contributed by atoms with E-state index in [1.165, 1.54) is 6.07 Å². The van der Waals surface area contributed by atoms with Crippen LogP contribution in [0.1, 0.15) is 17.0 Å². The first-order valence-corrected chi connectivity index (χ1v) is 7.49. The van der Waals surface area contributed by atoms with Crippen molar-refractivity contribution in [1.29, 1.82) is 0 Å². The van der Waals surface area contributed by atoms with Gasteiger partial charge in [-0.3, -0.25) is 0 Å². The molecule has 0 spiro atoms. The summed E-state index contributed by atoms with van der Waals surface area (Å²) in [5, 5.41) is 9.55.